The van der Waals surface area contributed by atoms with E-state index in [1.54, 1.807) is 24.2 Å². The van der Waals surface area contributed by atoms with Crippen molar-refractivity contribution < 1.29 is 14.6 Å². The first-order valence-corrected chi connectivity index (χ1v) is 13.8. The minimum Gasteiger partial charge on any atom is -0.492 e. The predicted molar refractivity (Wildman–Crippen MR) is 151 cm³/mol. The Morgan fingerprint density at radius 1 is 1.20 bits per heavy atom. The lowest BCUT2D eigenvalue weighted by atomic mass is 9.87. The normalized spacial score (nSPS) is 18.7. The zero-order chi connectivity index (χ0) is 28.6. The van der Waals surface area contributed by atoms with E-state index in [-0.39, 0.29) is 30.2 Å². The van der Waals surface area contributed by atoms with Crippen molar-refractivity contribution in [3.05, 3.63) is 80.0 Å². The fraction of sp³-hybridized carbons (Fsp3) is 0.400. The molecule has 0 radical (unpaired) electrons. The molecule has 0 aliphatic carbocycles. The number of aromatic nitrogens is 2. The second-order valence-electron chi connectivity index (χ2n) is 10.4. The quantitative estimate of drug-likeness (QED) is 0.449. The highest BCUT2D eigenvalue weighted by atomic mass is 35.5. The lowest BCUT2D eigenvalue weighted by molar-refractivity contribution is -0.0510. The number of nitrogens with zero attached hydrogens (tertiary/aromatic N) is 5. The average molecular weight is 562 g/mol. The van der Waals surface area contributed by atoms with Gasteiger partial charge in [0.25, 0.3) is 11.5 Å². The topological polar surface area (TPSA) is 112 Å². The second kappa shape index (κ2) is 11.4. The van der Waals surface area contributed by atoms with E-state index in [1.807, 2.05) is 19.9 Å². The van der Waals surface area contributed by atoms with E-state index in [9.17, 15) is 20.0 Å². The summed E-state index contributed by atoms with van der Waals surface area (Å²) >= 11 is 6.57. The Hall–Kier alpha value is -3.71. The SMILES string of the molecule is CCOc1cc(CN2CCc3c(cc(CCN4CC(O)C4C)cc3-c3cn(C)c(=O)cc3Cl)C2=O)ncc1C#N. The van der Waals surface area contributed by atoms with Crippen LogP contribution < -0.4 is 10.3 Å². The molecule has 0 spiro atoms. The van der Waals surface area contributed by atoms with Gasteiger partial charge in [-0.15, -0.1) is 0 Å². The van der Waals surface area contributed by atoms with Crippen LogP contribution in [0.4, 0.5) is 0 Å². The standard InChI is InChI=1S/C30H32ClN5O4/c1-4-40-28-11-21(33-14-20(28)13-32)15-36-8-6-22-23(25-16-34(3)29(38)12-26(25)31)9-19(10-24(22)30(36)39)5-7-35-17-27(37)18(35)2/h9-12,14,16,18,27,37H,4-8,15,17H2,1-3H3. The number of pyridine rings is 2. The Kier molecular flexibility index (Phi) is 7.95. The number of nitriles is 1. The first kappa shape index (κ1) is 27.8. The van der Waals surface area contributed by atoms with Crippen LogP contribution in [0.1, 0.15) is 46.6 Å². The van der Waals surface area contributed by atoms with Crippen LogP contribution in [0.25, 0.3) is 11.1 Å². The van der Waals surface area contributed by atoms with Gasteiger partial charge in [0, 0.05) is 68.4 Å². The molecular formula is C30H32ClN5O4. The molecule has 1 amide bonds. The van der Waals surface area contributed by atoms with Gasteiger partial charge >= 0.3 is 0 Å². The molecule has 0 bridgehead atoms. The number of aryl methyl sites for hydroxylation is 1. The first-order chi connectivity index (χ1) is 19.2. The molecule has 5 rings (SSSR count). The molecule has 208 valence electrons. The van der Waals surface area contributed by atoms with E-state index in [4.69, 9.17) is 16.3 Å². The monoisotopic (exact) mass is 561 g/mol. The molecular weight excluding hydrogens is 530 g/mol. The van der Waals surface area contributed by atoms with E-state index in [0.717, 1.165) is 23.2 Å². The van der Waals surface area contributed by atoms with Gasteiger partial charge in [-0.25, -0.2) is 0 Å². The maximum absolute atomic E-state index is 13.9. The number of rotatable bonds is 8. The summed E-state index contributed by atoms with van der Waals surface area (Å²) in [5, 5.41) is 19.6. The molecule has 2 aromatic heterocycles. The molecule has 2 atom stereocenters. The number of β-amino-alcohol motifs (C(OH)–C–C–N with tert-alkyl or cyclic N) is 1. The number of hydrogen-bond donors (Lipinski definition) is 1. The molecule has 0 saturated carbocycles. The van der Waals surface area contributed by atoms with Crippen molar-refractivity contribution in [2.24, 2.45) is 7.05 Å². The summed E-state index contributed by atoms with van der Waals surface area (Å²) in [6, 6.07) is 9.36. The van der Waals surface area contributed by atoms with Gasteiger partial charge in [0.1, 0.15) is 17.4 Å². The summed E-state index contributed by atoms with van der Waals surface area (Å²) < 4.78 is 7.10. The van der Waals surface area contributed by atoms with Crippen molar-refractivity contribution in [3.8, 4) is 22.9 Å². The highest BCUT2D eigenvalue weighted by Crippen LogP contribution is 2.36. The first-order valence-electron chi connectivity index (χ1n) is 13.5. The van der Waals surface area contributed by atoms with Crippen LogP contribution in [0.2, 0.25) is 5.02 Å². The number of hydrogen-bond acceptors (Lipinski definition) is 7. The molecule has 2 unspecified atom stereocenters. The third kappa shape index (κ3) is 5.35. The van der Waals surface area contributed by atoms with Gasteiger partial charge in [0.2, 0.25) is 0 Å². The number of aliphatic hydroxyl groups is 1. The van der Waals surface area contributed by atoms with Crippen LogP contribution in [-0.2, 0) is 26.4 Å². The summed E-state index contributed by atoms with van der Waals surface area (Å²) in [6.45, 7) is 6.44. The van der Waals surface area contributed by atoms with Gasteiger partial charge in [-0.05, 0) is 49.4 Å². The minimum atomic E-state index is -0.308. The Balaban J connectivity index is 1.49. The number of likely N-dealkylation sites (tertiary alicyclic amines) is 1. The van der Waals surface area contributed by atoms with Crippen molar-refractivity contribution in [1.82, 2.24) is 19.4 Å². The van der Waals surface area contributed by atoms with Crippen LogP contribution in [0.3, 0.4) is 0 Å². The van der Waals surface area contributed by atoms with Crippen molar-refractivity contribution in [3.63, 3.8) is 0 Å². The molecule has 4 heterocycles. The molecule has 1 N–H and O–H groups in total. The van der Waals surface area contributed by atoms with Crippen molar-refractivity contribution in [2.75, 3.05) is 26.2 Å². The number of carbonyl (C=O) groups is 1. The molecule has 10 heteroatoms. The molecule has 3 aromatic rings. The number of ether oxygens (including phenoxy) is 1. The fourth-order valence-electron chi connectivity index (χ4n) is 5.40. The van der Waals surface area contributed by atoms with E-state index in [2.05, 4.69) is 22.0 Å². The zero-order valence-electron chi connectivity index (χ0n) is 22.9. The third-order valence-electron chi connectivity index (χ3n) is 7.86. The smallest absolute Gasteiger partial charge is 0.254 e. The Bertz CT molecular complexity index is 1560. The molecule has 40 heavy (non-hydrogen) atoms. The largest absolute Gasteiger partial charge is 0.492 e. The van der Waals surface area contributed by atoms with Crippen molar-refractivity contribution in [2.45, 2.75) is 45.4 Å². The third-order valence-corrected chi connectivity index (χ3v) is 8.18. The molecule has 2 aliphatic heterocycles. The summed E-state index contributed by atoms with van der Waals surface area (Å²) in [5.41, 5.74) is 4.86. The van der Waals surface area contributed by atoms with E-state index < -0.39 is 0 Å². The summed E-state index contributed by atoms with van der Waals surface area (Å²) in [4.78, 5) is 34.4. The Morgan fingerprint density at radius 3 is 2.67 bits per heavy atom. The lowest BCUT2D eigenvalue weighted by Gasteiger charge is -2.43. The molecule has 1 aromatic carbocycles. The highest BCUT2D eigenvalue weighted by molar-refractivity contribution is 6.33. The maximum atomic E-state index is 13.9. The molecule has 1 saturated heterocycles. The van der Waals surface area contributed by atoms with Gasteiger partial charge in [0.15, 0.2) is 0 Å². The van der Waals surface area contributed by atoms with Gasteiger partial charge in [0.05, 0.1) is 30.0 Å². The lowest BCUT2D eigenvalue weighted by Crippen LogP contribution is -2.58. The van der Waals surface area contributed by atoms with Crippen LogP contribution in [0.15, 0.2) is 41.5 Å². The Labute approximate surface area is 238 Å². The average Bonchev–Trinajstić information content (AvgIpc) is 2.94. The number of amides is 1. The van der Waals surface area contributed by atoms with E-state index in [0.29, 0.717) is 65.7 Å². The second-order valence-corrected chi connectivity index (χ2v) is 10.8. The van der Waals surface area contributed by atoms with Gasteiger partial charge in [-0.2, -0.15) is 5.26 Å². The number of benzene rings is 1. The van der Waals surface area contributed by atoms with E-state index >= 15 is 0 Å². The van der Waals surface area contributed by atoms with Crippen LogP contribution in [-0.4, -0.2) is 68.8 Å². The summed E-state index contributed by atoms with van der Waals surface area (Å²) in [5.74, 6) is 0.348. The molecule has 9 nitrogen and oxygen atoms in total. The van der Waals surface area contributed by atoms with Gasteiger partial charge < -0.3 is 19.3 Å². The fourth-order valence-corrected chi connectivity index (χ4v) is 5.65. The summed E-state index contributed by atoms with van der Waals surface area (Å²) in [6.07, 6.45) is 4.21. The van der Waals surface area contributed by atoms with Crippen molar-refractivity contribution in [1.29, 1.82) is 5.26 Å². The highest BCUT2D eigenvalue weighted by Gasteiger charge is 2.33. The Morgan fingerprint density at radius 2 is 1.98 bits per heavy atom. The minimum absolute atomic E-state index is 0.105. The van der Waals surface area contributed by atoms with E-state index in [1.165, 1.54) is 16.8 Å². The summed E-state index contributed by atoms with van der Waals surface area (Å²) in [7, 11) is 1.68. The van der Waals surface area contributed by atoms with Crippen molar-refractivity contribution >= 4 is 17.5 Å². The van der Waals surface area contributed by atoms with Crippen LogP contribution >= 0.6 is 11.6 Å². The maximum Gasteiger partial charge on any atom is 0.254 e. The number of carbonyl (C=O) groups excluding carboxylic acids is 1. The predicted octanol–water partition coefficient (Wildman–Crippen LogP) is 3.18. The van der Waals surface area contributed by atoms with Crippen LogP contribution in [0, 0.1) is 11.3 Å². The van der Waals surface area contributed by atoms with Gasteiger partial charge in [-0.1, -0.05) is 17.7 Å². The zero-order valence-corrected chi connectivity index (χ0v) is 23.6. The number of aliphatic hydroxyl groups excluding tert-OH is 1. The molecule has 1 fully saturated rings. The van der Waals surface area contributed by atoms with Gasteiger partial charge in [-0.3, -0.25) is 19.5 Å². The molecule has 2 aliphatic rings. The van der Waals surface area contributed by atoms with Crippen LogP contribution in [0.5, 0.6) is 5.75 Å². The number of halogens is 1. The number of fused-ring (bicyclic) bond motifs is 1.